The molecule has 37 heavy (non-hydrogen) atoms. The van der Waals surface area contributed by atoms with E-state index in [2.05, 4.69) is 16.3 Å². The molecular formula is C28H31FN4O4. The van der Waals surface area contributed by atoms with Crippen LogP contribution in [0.1, 0.15) is 35.3 Å². The van der Waals surface area contributed by atoms with E-state index in [1.165, 1.54) is 12.1 Å². The van der Waals surface area contributed by atoms with Gasteiger partial charge in [-0.2, -0.15) is 5.10 Å². The van der Waals surface area contributed by atoms with Gasteiger partial charge in [0.1, 0.15) is 23.9 Å². The Morgan fingerprint density at radius 3 is 2.73 bits per heavy atom. The standard InChI is InChI=1S/C28H31FN4O4/c1-32-14-16-36-25-8-3-2-6-21(25)7-4-5-13-28(27(32)35)19-33(15-17-37-28)26(34)24-18-23(30-31-24)20-9-11-22(29)12-10-20/h2-3,6,8-12,18H,4-5,7,13-17,19H2,1H3,(H,30,31). The molecular weight excluding hydrogens is 475 g/mol. The lowest BCUT2D eigenvalue weighted by molar-refractivity contribution is -0.169. The average Bonchev–Trinajstić information content (AvgIpc) is 3.41. The van der Waals surface area contributed by atoms with E-state index in [0.717, 1.165) is 30.6 Å². The molecule has 8 nitrogen and oxygen atoms in total. The molecule has 3 heterocycles. The molecule has 0 bridgehead atoms. The van der Waals surface area contributed by atoms with Crippen molar-refractivity contribution >= 4 is 11.8 Å². The number of carbonyl (C=O) groups excluding carboxylic acids is 2. The summed E-state index contributed by atoms with van der Waals surface area (Å²) < 4.78 is 25.4. The van der Waals surface area contributed by atoms with Crippen molar-refractivity contribution in [2.75, 3.05) is 39.9 Å². The Labute approximate surface area is 215 Å². The summed E-state index contributed by atoms with van der Waals surface area (Å²) in [6, 6.07) is 15.6. The number of halogens is 1. The molecule has 1 unspecified atom stereocenters. The lowest BCUT2D eigenvalue weighted by Gasteiger charge is -2.43. The van der Waals surface area contributed by atoms with Gasteiger partial charge < -0.3 is 19.3 Å². The van der Waals surface area contributed by atoms with Crippen LogP contribution in [0, 0.1) is 5.82 Å². The number of rotatable bonds is 2. The molecule has 1 atom stereocenters. The van der Waals surface area contributed by atoms with Gasteiger partial charge in [-0.25, -0.2) is 4.39 Å². The van der Waals surface area contributed by atoms with E-state index in [4.69, 9.17) is 9.47 Å². The Balaban J connectivity index is 1.33. The van der Waals surface area contributed by atoms with E-state index in [1.807, 2.05) is 18.2 Å². The third-order valence-electron chi connectivity index (χ3n) is 7.09. The van der Waals surface area contributed by atoms with Crippen molar-refractivity contribution in [3.05, 3.63) is 71.7 Å². The summed E-state index contributed by atoms with van der Waals surface area (Å²) in [6.45, 7) is 1.59. The number of carbonyl (C=O) groups is 2. The summed E-state index contributed by atoms with van der Waals surface area (Å²) in [5, 5.41) is 7.04. The molecule has 5 rings (SSSR count). The summed E-state index contributed by atoms with van der Waals surface area (Å²) in [6.07, 6.45) is 3.01. The van der Waals surface area contributed by atoms with E-state index >= 15 is 0 Å². The molecule has 1 saturated heterocycles. The normalized spacial score (nSPS) is 21.1. The molecule has 0 aliphatic carbocycles. The maximum atomic E-state index is 13.7. The highest BCUT2D eigenvalue weighted by atomic mass is 19.1. The van der Waals surface area contributed by atoms with Gasteiger partial charge >= 0.3 is 0 Å². The highest BCUT2D eigenvalue weighted by Gasteiger charge is 2.46. The first-order valence-corrected chi connectivity index (χ1v) is 12.7. The molecule has 2 aliphatic rings. The average molecular weight is 507 g/mol. The largest absolute Gasteiger partial charge is 0.491 e. The third-order valence-corrected chi connectivity index (χ3v) is 7.09. The topological polar surface area (TPSA) is 87.8 Å². The van der Waals surface area contributed by atoms with Crippen LogP contribution in [-0.2, 0) is 16.0 Å². The minimum absolute atomic E-state index is 0.140. The van der Waals surface area contributed by atoms with E-state index in [1.54, 1.807) is 35.0 Å². The summed E-state index contributed by atoms with van der Waals surface area (Å²) in [4.78, 5) is 30.4. The lowest BCUT2D eigenvalue weighted by Crippen LogP contribution is -2.61. The van der Waals surface area contributed by atoms with Gasteiger partial charge in [-0.15, -0.1) is 0 Å². The molecule has 1 fully saturated rings. The number of para-hydroxylation sites is 1. The third kappa shape index (κ3) is 5.36. The van der Waals surface area contributed by atoms with Gasteiger partial charge in [0.2, 0.25) is 0 Å². The van der Waals surface area contributed by atoms with Crippen molar-refractivity contribution in [3.8, 4) is 17.0 Å². The first kappa shape index (κ1) is 25.0. The first-order chi connectivity index (χ1) is 17.9. The first-order valence-electron chi connectivity index (χ1n) is 12.7. The number of benzene rings is 2. The molecule has 9 heteroatoms. The fraction of sp³-hybridized carbons (Fsp3) is 0.393. The number of ether oxygens (including phenoxy) is 2. The number of nitrogens with zero attached hydrogens (tertiary/aromatic N) is 3. The molecule has 1 spiro atoms. The second-order valence-electron chi connectivity index (χ2n) is 9.63. The van der Waals surface area contributed by atoms with Crippen LogP contribution in [-0.4, -0.2) is 77.3 Å². The molecule has 194 valence electrons. The number of amides is 2. The van der Waals surface area contributed by atoms with Crippen LogP contribution in [0.15, 0.2) is 54.6 Å². The Morgan fingerprint density at radius 2 is 1.89 bits per heavy atom. The van der Waals surface area contributed by atoms with E-state index in [-0.39, 0.29) is 30.8 Å². The van der Waals surface area contributed by atoms with Crippen LogP contribution < -0.4 is 4.74 Å². The quantitative estimate of drug-likeness (QED) is 0.573. The van der Waals surface area contributed by atoms with Crippen molar-refractivity contribution in [2.45, 2.75) is 31.3 Å². The Hall–Kier alpha value is -3.72. The Bertz CT molecular complexity index is 1260. The summed E-state index contributed by atoms with van der Waals surface area (Å²) >= 11 is 0. The van der Waals surface area contributed by atoms with Crippen molar-refractivity contribution in [3.63, 3.8) is 0 Å². The molecule has 1 N–H and O–H groups in total. The maximum Gasteiger partial charge on any atom is 0.272 e. The van der Waals surface area contributed by atoms with Crippen LogP contribution in [0.3, 0.4) is 0 Å². The second-order valence-corrected chi connectivity index (χ2v) is 9.63. The number of hydrogen-bond donors (Lipinski definition) is 1. The van der Waals surface area contributed by atoms with Gasteiger partial charge in [0.05, 0.1) is 25.4 Å². The maximum absolute atomic E-state index is 13.7. The number of likely N-dealkylation sites (N-methyl/N-ethyl adjacent to an activating group) is 1. The van der Waals surface area contributed by atoms with Crippen LogP contribution in [0.25, 0.3) is 11.3 Å². The number of aromatic nitrogens is 2. The smallest absolute Gasteiger partial charge is 0.272 e. The number of fused-ring (bicyclic) bond motifs is 1. The summed E-state index contributed by atoms with van der Waals surface area (Å²) in [5.74, 6) is 0.141. The number of morpholine rings is 1. The molecule has 1 aromatic heterocycles. The highest BCUT2D eigenvalue weighted by Crippen LogP contribution is 2.30. The zero-order valence-corrected chi connectivity index (χ0v) is 20.9. The summed E-state index contributed by atoms with van der Waals surface area (Å²) in [5.41, 5.74) is 1.61. The zero-order valence-electron chi connectivity index (χ0n) is 20.9. The van der Waals surface area contributed by atoms with Crippen molar-refractivity contribution < 1.29 is 23.5 Å². The molecule has 2 aliphatic heterocycles. The van der Waals surface area contributed by atoms with Gasteiger partial charge in [-0.05, 0) is 67.6 Å². The molecule has 2 aromatic carbocycles. The lowest BCUT2D eigenvalue weighted by atomic mass is 9.91. The number of hydrogen-bond acceptors (Lipinski definition) is 5. The minimum atomic E-state index is -1.11. The Morgan fingerprint density at radius 1 is 1.08 bits per heavy atom. The summed E-state index contributed by atoms with van der Waals surface area (Å²) in [7, 11) is 1.75. The van der Waals surface area contributed by atoms with E-state index < -0.39 is 5.60 Å². The second kappa shape index (κ2) is 10.7. The highest BCUT2D eigenvalue weighted by molar-refractivity contribution is 5.94. The number of H-pyrrole nitrogens is 1. The van der Waals surface area contributed by atoms with Crippen molar-refractivity contribution in [2.24, 2.45) is 0 Å². The predicted molar refractivity (Wildman–Crippen MR) is 136 cm³/mol. The van der Waals surface area contributed by atoms with Gasteiger partial charge in [0, 0.05) is 19.2 Å². The predicted octanol–water partition coefficient (Wildman–Crippen LogP) is 3.69. The van der Waals surface area contributed by atoms with Gasteiger partial charge in [0.25, 0.3) is 11.8 Å². The fourth-order valence-corrected chi connectivity index (χ4v) is 5.03. The van der Waals surface area contributed by atoms with Crippen molar-refractivity contribution in [1.29, 1.82) is 0 Å². The number of nitrogens with one attached hydrogen (secondary N) is 1. The SMILES string of the molecule is CN1CCOc2ccccc2CCCCC2(CN(C(=O)c3cc(-c4ccc(F)cc4)n[nH]3)CCO2)C1=O. The van der Waals surface area contributed by atoms with E-state index in [9.17, 15) is 14.0 Å². The van der Waals surface area contributed by atoms with Crippen LogP contribution in [0.4, 0.5) is 4.39 Å². The van der Waals surface area contributed by atoms with Crippen LogP contribution >= 0.6 is 0 Å². The fourth-order valence-electron chi connectivity index (χ4n) is 5.03. The van der Waals surface area contributed by atoms with Gasteiger partial charge in [-0.1, -0.05) is 18.2 Å². The van der Waals surface area contributed by atoms with E-state index in [0.29, 0.717) is 43.1 Å². The zero-order chi connectivity index (χ0) is 25.8. The molecule has 3 aromatic rings. The monoisotopic (exact) mass is 506 g/mol. The number of aryl methyl sites for hydroxylation is 1. The molecule has 0 saturated carbocycles. The van der Waals surface area contributed by atoms with Gasteiger partial charge in [0.15, 0.2) is 5.60 Å². The van der Waals surface area contributed by atoms with Gasteiger partial charge in [-0.3, -0.25) is 14.7 Å². The van der Waals surface area contributed by atoms with Crippen LogP contribution in [0.2, 0.25) is 0 Å². The van der Waals surface area contributed by atoms with Crippen LogP contribution in [0.5, 0.6) is 5.75 Å². The number of aromatic amines is 1. The Kier molecular flexibility index (Phi) is 7.23. The molecule has 0 radical (unpaired) electrons. The molecule has 2 amide bonds. The van der Waals surface area contributed by atoms with Crippen molar-refractivity contribution in [1.82, 2.24) is 20.0 Å². The minimum Gasteiger partial charge on any atom is -0.491 e.